The molecule has 2 saturated heterocycles. The zero-order valence-electron chi connectivity index (χ0n) is 50.5. The Kier molecular flexibility index (Phi) is 16.6. The van der Waals surface area contributed by atoms with Crippen LogP contribution in [0.4, 0.5) is 0 Å². The number of ether oxygens (including phenoxy) is 1. The molecule has 1 aromatic heterocycles. The number of Topliss-reactive ketones (excluding diaryl/α,β-unsaturated/α-hetero) is 2. The Morgan fingerprint density at radius 1 is 0.860 bits per heavy atom. The number of aliphatic hydroxyl groups excluding tert-OH is 3. The van der Waals surface area contributed by atoms with E-state index in [0.717, 1.165) is 68.9 Å². The first kappa shape index (κ1) is 60.6. The van der Waals surface area contributed by atoms with Gasteiger partial charge in [-0.2, -0.15) is 0 Å². The molecule has 466 valence electrons. The highest BCUT2D eigenvalue weighted by molar-refractivity contribution is 8.76. The number of aliphatic imine (C=N–C) groups is 1. The summed E-state index contributed by atoms with van der Waals surface area (Å²) in [6, 6.07) is 8.92. The number of H-pyrrole nitrogens is 1. The summed E-state index contributed by atoms with van der Waals surface area (Å²) >= 11 is 0. The van der Waals surface area contributed by atoms with Crippen LogP contribution in [0, 0.1) is 111 Å². The molecule has 3 heterocycles. The number of aliphatic hydroxyl groups is 5. The minimum Gasteiger partial charge on any atom is -0.508 e. The van der Waals surface area contributed by atoms with Gasteiger partial charge in [0.15, 0.2) is 17.5 Å². The van der Waals surface area contributed by atoms with Crippen molar-refractivity contribution in [3.63, 3.8) is 0 Å². The second-order valence-electron chi connectivity index (χ2n) is 29.5. The summed E-state index contributed by atoms with van der Waals surface area (Å²) in [6.45, 7) is 6.56. The smallest absolute Gasteiger partial charge is 0.313 e. The largest absolute Gasteiger partial charge is 0.508 e. The Labute approximate surface area is 515 Å². The van der Waals surface area contributed by atoms with Crippen molar-refractivity contribution in [2.24, 2.45) is 116 Å². The summed E-state index contributed by atoms with van der Waals surface area (Å²) in [5, 5.41) is 81.6. The fraction of sp³-hybridized carbons (Fsp3) is 0.710. The number of nitrogens with zero attached hydrogens (tertiary/aromatic N) is 1. The molecule has 9 aliphatic carbocycles. The van der Waals surface area contributed by atoms with E-state index in [2.05, 4.69) is 42.1 Å². The number of nitrogens with two attached hydrogens (primary N) is 2. The Bertz CT molecular complexity index is 3060. The summed E-state index contributed by atoms with van der Waals surface area (Å²) in [5.74, 6) is 4.20. The maximum atomic E-state index is 16.8. The third-order valence-electron chi connectivity index (χ3n) is 25.3. The van der Waals surface area contributed by atoms with Gasteiger partial charge in [0.25, 0.3) is 0 Å². The number of esters is 1. The fourth-order valence-electron chi connectivity index (χ4n) is 21.8. The van der Waals surface area contributed by atoms with Crippen LogP contribution >= 0.6 is 21.6 Å². The molecule has 17 heteroatoms. The zero-order chi connectivity index (χ0) is 60.2. The van der Waals surface area contributed by atoms with Crippen molar-refractivity contribution in [1.82, 2.24) is 10.3 Å². The van der Waals surface area contributed by atoms with E-state index < -0.39 is 81.8 Å². The molecule has 8 fully saturated rings. The van der Waals surface area contributed by atoms with Gasteiger partial charge in [-0.3, -0.25) is 19.4 Å². The van der Waals surface area contributed by atoms with E-state index in [1.165, 1.54) is 5.57 Å². The molecule has 6 saturated carbocycles. The van der Waals surface area contributed by atoms with Crippen LogP contribution < -0.4 is 16.8 Å². The van der Waals surface area contributed by atoms with Gasteiger partial charge in [0.05, 0.1) is 54.3 Å². The molecule has 0 unspecified atom stereocenters. The average Bonchev–Trinajstić information content (AvgIpc) is 1.26. The van der Waals surface area contributed by atoms with E-state index in [9.17, 15) is 35.1 Å². The minimum atomic E-state index is -1.86. The highest BCUT2D eigenvalue weighted by Crippen LogP contribution is 2.79. The van der Waals surface area contributed by atoms with Crippen molar-refractivity contribution < 1.29 is 49.8 Å². The molecule has 1 aromatic carbocycles. The second-order valence-corrected chi connectivity index (χ2v) is 32.0. The number of cyclic esters (lactones) is 1. The molecule has 11 aliphatic rings. The van der Waals surface area contributed by atoms with Gasteiger partial charge in [0.1, 0.15) is 5.75 Å². The van der Waals surface area contributed by atoms with Crippen LogP contribution in [-0.2, 0) is 19.1 Å². The molecular weight excluding hydrogens is 1120 g/mol. The van der Waals surface area contributed by atoms with Gasteiger partial charge < -0.3 is 57.1 Å². The van der Waals surface area contributed by atoms with Crippen LogP contribution in [-0.4, -0.2) is 120 Å². The van der Waals surface area contributed by atoms with Crippen molar-refractivity contribution >= 4 is 45.1 Å². The lowest BCUT2D eigenvalue weighted by molar-refractivity contribution is -0.237. The van der Waals surface area contributed by atoms with Crippen molar-refractivity contribution in [2.45, 2.75) is 171 Å². The highest BCUT2D eigenvalue weighted by atomic mass is 33.1. The Morgan fingerprint density at radius 3 is 2.40 bits per heavy atom. The monoisotopic (exact) mass is 1220 g/mol. The molecule has 1 spiro atoms. The van der Waals surface area contributed by atoms with Gasteiger partial charge in [0.2, 0.25) is 0 Å². The van der Waals surface area contributed by atoms with E-state index in [1.54, 1.807) is 40.6 Å². The number of hydrogen-bond donors (Lipinski definition) is 10. The fourth-order valence-corrected chi connectivity index (χ4v) is 24.6. The summed E-state index contributed by atoms with van der Waals surface area (Å²) in [6.07, 6.45) is 13.8. The molecule has 12 N–H and O–H groups in total. The number of aromatic nitrogens is 1. The second kappa shape index (κ2) is 23.5. The zero-order valence-corrected chi connectivity index (χ0v) is 52.1. The number of aromatic hydroxyl groups is 1. The van der Waals surface area contributed by atoms with Gasteiger partial charge in [-0.1, -0.05) is 78.0 Å². The number of fused-ring (bicyclic) bond motifs is 10. The summed E-state index contributed by atoms with van der Waals surface area (Å²) in [4.78, 5) is 53.4. The maximum Gasteiger partial charge on any atom is 0.313 e. The molecule has 2 aromatic rings. The molecular formula is C69H93N5O10S2. The SMILES string of the molecule is C[C@H]1CCC2=CC[C@@H]3[C@@H](C[C@H]([C@H]4COC(=O)[C@H]4c4cc[nH]c4)C#CC[C@H]4C[C@@]5(O)C6=C7NCC(=O)C[C@H](c8ccc(O)cc8)CSSC[C@@H]8[C@@H](O)[C@@H](O)C[C@](C9CCCC9)([C@H]6[C@@H]6CC[C@@H](CN=C(N)N)[C@@]5(C6)[C@H]4[C@@](C)(O)[C@H](O)C[C@H]3C)[C@@H]8C7=O)[C@H]2C1. The van der Waals surface area contributed by atoms with Gasteiger partial charge in [0, 0.05) is 84.2 Å². The predicted molar refractivity (Wildman–Crippen MR) is 332 cm³/mol. The molecule has 0 radical (unpaired) electrons. The maximum absolute atomic E-state index is 16.8. The number of carbonyl (C=O) groups excluding carboxylic acids is 3. The number of hydrogen-bond acceptors (Lipinski definition) is 14. The third-order valence-corrected chi connectivity index (χ3v) is 27.8. The Morgan fingerprint density at radius 2 is 1.64 bits per heavy atom. The third kappa shape index (κ3) is 9.96. The lowest BCUT2D eigenvalue weighted by atomic mass is 9.35. The highest BCUT2D eigenvalue weighted by Gasteiger charge is 2.80. The van der Waals surface area contributed by atoms with Gasteiger partial charge in [-0.25, -0.2) is 0 Å². The molecule has 23 atom stereocenters. The molecule has 86 heavy (non-hydrogen) atoms. The molecule has 2 aliphatic heterocycles. The van der Waals surface area contributed by atoms with Gasteiger partial charge in [-0.05, 0) is 190 Å². The number of phenols is 1. The molecule has 0 amide bonds. The van der Waals surface area contributed by atoms with Crippen LogP contribution in [0.5, 0.6) is 5.75 Å². The number of guanidine groups is 1. The molecule has 15 nitrogen and oxygen atoms in total. The first-order chi connectivity index (χ1) is 41.3. The lowest BCUT2D eigenvalue weighted by Crippen LogP contribution is -2.73. The topological polar surface area (TPSA) is 274 Å². The standard InChI is InChI=1S/C69H93N5O10S2/c1-36-11-12-39-16-20-49-37(2)24-55(78)66(3,82)63-42(8-6-7-40(26-51(49)50(39)23-36)52-33-84-64(81)56(52)43-21-22-72-30-43)28-69(83)59-57(41-13-17-46(31-74-65(70)71)68(63,69)27-41)67(45-9-4-5-10-45)29-54(77)61(79)53-35-86-85-34-44(38-14-18-47(75)19-15-38)25-48(76)32-73-60(59)62(80)58(53)67/h14-16,18-19,21-22,30,36-37,40-42,44-46,49-58,61,63,72-73,75,77-79,82-83H,4-5,8-13,17,20,23-29,31-35H2,1-3H3,(H4,70,71,74)/t36-,37+,40+,41+,42-,44-,46-,49-,50-,51+,52+,53-,54-,55+,56-,57-,58-,61+,63+,66-,67-,68-,69+/m0/s1. The lowest BCUT2D eigenvalue weighted by Gasteiger charge is -2.70. The number of benzene rings is 1. The first-order valence-corrected chi connectivity index (χ1v) is 35.3. The van der Waals surface area contributed by atoms with E-state index in [0.29, 0.717) is 54.6 Å². The quantitative estimate of drug-likeness (QED) is 0.0325. The van der Waals surface area contributed by atoms with Crippen LogP contribution in [0.2, 0.25) is 0 Å². The number of allylic oxidation sites excluding steroid dienone is 3. The van der Waals surface area contributed by atoms with Crippen LogP contribution in [0.3, 0.4) is 0 Å². The van der Waals surface area contributed by atoms with Crippen LogP contribution in [0.15, 0.2) is 70.6 Å². The summed E-state index contributed by atoms with van der Waals surface area (Å²) in [7, 11) is 3.18. The van der Waals surface area contributed by atoms with Crippen molar-refractivity contribution in [3.8, 4) is 17.6 Å². The van der Waals surface area contributed by atoms with E-state index in [1.807, 2.05) is 30.6 Å². The molecule has 13 rings (SSSR count). The number of ketones is 2. The van der Waals surface area contributed by atoms with Gasteiger partial charge in [-0.15, -0.1) is 5.92 Å². The number of rotatable bonds is 6. The van der Waals surface area contributed by atoms with Crippen molar-refractivity contribution in [3.05, 3.63) is 76.8 Å². The first-order valence-electron chi connectivity index (χ1n) is 32.8. The number of carbonyl (C=O) groups is 3. The normalized spacial score (nSPS) is 45.3. The van der Waals surface area contributed by atoms with Crippen molar-refractivity contribution in [2.75, 3.05) is 31.2 Å². The number of nitrogens with one attached hydrogen (secondary N) is 2. The Hall–Kier alpha value is -4.28. The van der Waals surface area contributed by atoms with E-state index >= 15 is 9.90 Å². The Balaban J connectivity index is 1.00. The predicted octanol–water partition coefficient (Wildman–Crippen LogP) is 8.30. The molecule has 4 bridgehead atoms. The van der Waals surface area contributed by atoms with Crippen molar-refractivity contribution in [1.29, 1.82) is 0 Å². The average molecular weight is 1220 g/mol. The minimum absolute atomic E-state index is 0.00684. The number of phenolic OH excluding ortho intramolecular Hbond substituents is 1. The summed E-state index contributed by atoms with van der Waals surface area (Å²) in [5.41, 5.74) is 10.8. The van der Waals surface area contributed by atoms with E-state index in [-0.39, 0.29) is 128 Å². The van der Waals surface area contributed by atoms with Crippen LogP contribution in [0.1, 0.15) is 153 Å². The summed E-state index contributed by atoms with van der Waals surface area (Å²) < 4.78 is 6.02. The van der Waals surface area contributed by atoms with E-state index in [4.69, 9.17) is 21.2 Å². The van der Waals surface area contributed by atoms with Crippen LogP contribution in [0.25, 0.3) is 0 Å². The van der Waals surface area contributed by atoms with Gasteiger partial charge >= 0.3 is 5.97 Å². The number of aromatic amines is 1.